The van der Waals surface area contributed by atoms with Gasteiger partial charge < -0.3 is 10.2 Å². The smallest absolute Gasteiger partial charge is 0.220 e. The van der Waals surface area contributed by atoms with Crippen LogP contribution < -0.4 is 10.2 Å². The third kappa shape index (κ3) is 4.75. The van der Waals surface area contributed by atoms with Crippen LogP contribution in [0, 0.1) is 5.92 Å². The van der Waals surface area contributed by atoms with E-state index in [4.69, 9.17) is 0 Å². The van der Waals surface area contributed by atoms with Crippen LogP contribution in [0.2, 0.25) is 0 Å². The van der Waals surface area contributed by atoms with Gasteiger partial charge in [0.05, 0.1) is 0 Å². The molecule has 0 unspecified atom stereocenters. The number of carbonyl (C=O) groups is 1. The third-order valence-corrected chi connectivity index (χ3v) is 4.18. The highest BCUT2D eigenvalue weighted by Crippen LogP contribution is 2.28. The average Bonchev–Trinajstić information content (AvgIpc) is 2.47. The standard InChI is InChI=1S/C19H30N2O/c1-4-11-21-12-5-6-17-14-16(7-8-18(17)21)9-10-20-19(22)13-15(2)3/h7-8,14-15H,4-6,9-13H2,1-3H3,(H,20,22). The summed E-state index contributed by atoms with van der Waals surface area (Å²) in [4.78, 5) is 14.2. The molecule has 1 aromatic rings. The zero-order valence-electron chi connectivity index (χ0n) is 14.3. The molecule has 0 aromatic heterocycles. The average molecular weight is 302 g/mol. The number of fused-ring (bicyclic) bond motifs is 1. The Kier molecular flexibility index (Phi) is 6.29. The van der Waals surface area contributed by atoms with E-state index in [1.54, 1.807) is 0 Å². The van der Waals surface area contributed by atoms with Crippen LogP contribution in [-0.4, -0.2) is 25.5 Å². The van der Waals surface area contributed by atoms with E-state index in [2.05, 4.69) is 49.2 Å². The fourth-order valence-electron chi connectivity index (χ4n) is 3.18. The minimum atomic E-state index is 0.169. The van der Waals surface area contributed by atoms with E-state index < -0.39 is 0 Å². The number of hydrogen-bond acceptors (Lipinski definition) is 2. The van der Waals surface area contributed by atoms with Gasteiger partial charge >= 0.3 is 0 Å². The second-order valence-electron chi connectivity index (χ2n) is 6.75. The highest BCUT2D eigenvalue weighted by molar-refractivity contribution is 5.76. The molecule has 0 saturated carbocycles. The van der Waals surface area contributed by atoms with Crippen molar-refractivity contribution >= 4 is 11.6 Å². The van der Waals surface area contributed by atoms with Crippen LogP contribution in [0.15, 0.2) is 18.2 Å². The van der Waals surface area contributed by atoms with Crippen LogP contribution >= 0.6 is 0 Å². The number of nitrogens with one attached hydrogen (secondary N) is 1. The van der Waals surface area contributed by atoms with E-state index in [0.29, 0.717) is 12.3 Å². The summed E-state index contributed by atoms with van der Waals surface area (Å²) >= 11 is 0. The molecule has 1 amide bonds. The number of rotatable bonds is 7. The van der Waals surface area contributed by atoms with Crippen LogP contribution in [0.25, 0.3) is 0 Å². The molecule has 0 radical (unpaired) electrons. The molecule has 0 bridgehead atoms. The van der Waals surface area contributed by atoms with E-state index in [-0.39, 0.29) is 5.91 Å². The summed E-state index contributed by atoms with van der Waals surface area (Å²) in [6, 6.07) is 6.84. The maximum atomic E-state index is 11.7. The second-order valence-corrected chi connectivity index (χ2v) is 6.75. The molecular weight excluding hydrogens is 272 g/mol. The third-order valence-electron chi connectivity index (χ3n) is 4.18. The molecule has 1 aliphatic rings. The summed E-state index contributed by atoms with van der Waals surface area (Å²) in [6.45, 7) is 9.46. The van der Waals surface area contributed by atoms with Crippen molar-refractivity contribution in [3.05, 3.63) is 29.3 Å². The van der Waals surface area contributed by atoms with Gasteiger partial charge in [-0.3, -0.25) is 4.79 Å². The second kappa shape index (κ2) is 8.21. The first kappa shape index (κ1) is 16.9. The van der Waals surface area contributed by atoms with E-state index in [0.717, 1.165) is 19.5 Å². The van der Waals surface area contributed by atoms with Crippen molar-refractivity contribution < 1.29 is 4.79 Å². The van der Waals surface area contributed by atoms with Crippen LogP contribution in [0.4, 0.5) is 5.69 Å². The Hall–Kier alpha value is -1.51. The zero-order chi connectivity index (χ0) is 15.9. The van der Waals surface area contributed by atoms with Crippen LogP contribution in [0.5, 0.6) is 0 Å². The summed E-state index contributed by atoms with van der Waals surface area (Å²) in [6.07, 6.45) is 5.18. The molecule has 0 fully saturated rings. The lowest BCUT2D eigenvalue weighted by Gasteiger charge is -2.31. The summed E-state index contributed by atoms with van der Waals surface area (Å²) in [5, 5.41) is 3.02. The lowest BCUT2D eigenvalue weighted by atomic mass is 9.98. The van der Waals surface area contributed by atoms with E-state index in [9.17, 15) is 4.79 Å². The van der Waals surface area contributed by atoms with Gasteiger partial charge in [-0.15, -0.1) is 0 Å². The monoisotopic (exact) mass is 302 g/mol. The maximum absolute atomic E-state index is 11.7. The highest BCUT2D eigenvalue weighted by atomic mass is 16.1. The lowest BCUT2D eigenvalue weighted by molar-refractivity contribution is -0.121. The minimum absolute atomic E-state index is 0.169. The molecule has 0 aliphatic carbocycles. The zero-order valence-corrected chi connectivity index (χ0v) is 14.3. The van der Waals surface area contributed by atoms with Gasteiger partial charge in [0.1, 0.15) is 0 Å². The fourth-order valence-corrected chi connectivity index (χ4v) is 3.18. The molecule has 0 spiro atoms. The van der Waals surface area contributed by atoms with Gasteiger partial charge in [-0.1, -0.05) is 32.9 Å². The molecule has 3 heteroatoms. The van der Waals surface area contributed by atoms with Gasteiger partial charge in [0, 0.05) is 31.7 Å². The van der Waals surface area contributed by atoms with Crippen LogP contribution in [0.3, 0.4) is 0 Å². The molecule has 122 valence electrons. The molecule has 1 heterocycles. The summed E-state index contributed by atoms with van der Waals surface area (Å²) in [7, 11) is 0. The number of benzene rings is 1. The molecule has 1 aliphatic heterocycles. The molecule has 3 nitrogen and oxygen atoms in total. The van der Waals surface area contributed by atoms with Crippen molar-refractivity contribution in [2.75, 3.05) is 24.5 Å². The van der Waals surface area contributed by atoms with Gasteiger partial charge in [0.2, 0.25) is 5.91 Å². The van der Waals surface area contributed by atoms with E-state index in [1.807, 2.05) is 0 Å². The molecular formula is C19H30N2O. The van der Waals surface area contributed by atoms with Crippen LogP contribution in [-0.2, 0) is 17.6 Å². The Balaban J connectivity index is 1.90. The van der Waals surface area contributed by atoms with Crippen LogP contribution in [0.1, 0.15) is 51.2 Å². The summed E-state index contributed by atoms with van der Waals surface area (Å²) in [5.41, 5.74) is 4.23. The van der Waals surface area contributed by atoms with E-state index >= 15 is 0 Å². The van der Waals surface area contributed by atoms with Crippen molar-refractivity contribution in [1.29, 1.82) is 0 Å². The van der Waals surface area contributed by atoms with Gasteiger partial charge in [0.25, 0.3) is 0 Å². The Morgan fingerprint density at radius 1 is 1.36 bits per heavy atom. The number of aryl methyl sites for hydroxylation is 1. The topological polar surface area (TPSA) is 32.3 Å². The first-order valence-electron chi connectivity index (χ1n) is 8.73. The van der Waals surface area contributed by atoms with Crippen molar-refractivity contribution in [2.45, 2.75) is 52.9 Å². The molecule has 2 rings (SSSR count). The van der Waals surface area contributed by atoms with Gasteiger partial charge in [0.15, 0.2) is 0 Å². The molecule has 22 heavy (non-hydrogen) atoms. The van der Waals surface area contributed by atoms with Crippen molar-refractivity contribution in [3.8, 4) is 0 Å². The van der Waals surface area contributed by atoms with E-state index in [1.165, 1.54) is 42.6 Å². The van der Waals surface area contributed by atoms with Crippen molar-refractivity contribution in [3.63, 3.8) is 0 Å². The Labute approximate surface area is 135 Å². The normalized spacial score (nSPS) is 14.1. The van der Waals surface area contributed by atoms with Gasteiger partial charge in [-0.05, 0) is 48.8 Å². The predicted octanol–water partition coefficient (Wildman–Crippen LogP) is 3.55. The first-order chi connectivity index (χ1) is 10.6. The van der Waals surface area contributed by atoms with Crippen molar-refractivity contribution in [2.24, 2.45) is 5.92 Å². The molecule has 1 aromatic carbocycles. The Morgan fingerprint density at radius 3 is 2.91 bits per heavy atom. The summed E-state index contributed by atoms with van der Waals surface area (Å²) in [5.74, 6) is 0.593. The number of amides is 1. The quantitative estimate of drug-likeness (QED) is 0.835. The fraction of sp³-hybridized carbons (Fsp3) is 0.632. The predicted molar refractivity (Wildman–Crippen MR) is 93.4 cm³/mol. The van der Waals surface area contributed by atoms with Crippen molar-refractivity contribution in [1.82, 2.24) is 5.32 Å². The molecule has 1 N–H and O–H groups in total. The number of anilines is 1. The first-order valence-corrected chi connectivity index (χ1v) is 8.73. The molecule has 0 saturated heterocycles. The minimum Gasteiger partial charge on any atom is -0.371 e. The number of carbonyl (C=O) groups excluding carboxylic acids is 1. The number of hydrogen-bond donors (Lipinski definition) is 1. The van der Waals surface area contributed by atoms with Gasteiger partial charge in [-0.2, -0.15) is 0 Å². The Bertz CT molecular complexity index is 496. The number of nitrogens with zero attached hydrogens (tertiary/aromatic N) is 1. The SMILES string of the molecule is CCCN1CCCc2cc(CCNC(=O)CC(C)C)ccc21. The highest BCUT2D eigenvalue weighted by Gasteiger charge is 2.16. The summed E-state index contributed by atoms with van der Waals surface area (Å²) < 4.78 is 0. The lowest BCUT2D eigenvalue weighted by Crippen LogP contribution is -2.30. The van der Waals surface area contributed by atoms with Gasteiger partial charge in [-0.25, -0.2) is 0 Å². The molecule has 0 atom stereocenters. The largest absolute Gasteiger partial charge is 0.371 e. The maximum Gasteiger partial charge on any atom is 0.220 e. The Morgan fingerprint density at radius 2 is 2.18 bits per heavy atom.